The first-order valence-corrected chi connectivity index (χ1v) is 7.37. The molecule has 1 saturated heterocycles. The van der Waals surface area contributed by atoms with Crippen LogP contribution in [0.1, 0.15) is 30.6 Å². The Balaban J connectivity index is 2.02. The van der Waals surface area contributed by atoms with Crippen LogP contribution in [0.5, 0.6) is 0 Å². The number of carbonyl (C=O) groups excluding carboxylic acids is 2. The van der Waals surface area contributed by atoms with E-state index in [1.807, 2.05) is 0 Å². The van der Waals surface area contributed by atoms with Gasteiger partial charge in [-0.2, -0.15) is 0 Å². The van der Waals surface area contributed by atoms with Crippen molar-refractivity contribution in [1.82, 2.24) is 4.31 Å². The molecule has 2 rings (SSSR count). The molecule has 1 fully saturated rings. The molecule has 0 atom stereocenters. The Labute approximate surface area is 112 Å². The van der Waals surface area contributed by atoms with E-state index in [0.717, 1.165) is 4.31 Å². The van der Waals surface area contributed by atoms with Crippen LogP contribution < -0.4 is 0 Å². The van der Waals surface area contributed by atoms with E-state index in [0.29, 0.717) is 5.56 Å². The van der Waals surface area contributed by atoms with Crippen LogP contribution in [0.25, 0.3) is 0 Å². The van der Waals surface area contributed by atoms with Gasteiger partial charge in [-0.25, -0.2) is 12.7 Å². The Kier molecular flexibility index (Phi) is 3.22. The molecule has 1 heterocycles. The summed E-state index contributed by atoms with van der Waals surface area (Å²) in [5, 5.41) is 0. The molecule has 0 unspecified atom stereocenters. The van der Waals surface area contributed by atoms with Gasteiger partial charge >= 0.3 is 0 Å². The molecule has 0 bridgehead atoms. The van der Waals surface area contributed by atoms with Gasteiger partial charge in [0.2, 0.25) is 0 Å². The molecule has 0 spiro atoms. The van der Waals surface area contributed by atoms with Gasteiger partial charge in [0.1, 0.15) is 0 Å². The van der Waals surface area contributed by atoms with Crippen molar-refractivity contribution in [3.05, 3.63) is 35.9 Å². The van der Waals surface area contributed by atoms with Crippen LogP contribution in [0.2, 0.25) is 0 Å². The first-order chi connectivity index (χ1) is 8.78. The molecule has 1 aromatic carbocycles. The van der Waals surface area contributed by atoms with E-state index in [1.165, 1.54) is 13.8 Å². The molecule has 0 saturated carbocycles. The number of benzene rings is 1. The first-order valence-electron chi connectivity index (χ1n) is 5.93. The number of nitrogens with zero attached hydrogens (tertiary/aromatic N) is 1. The molecule has 1 amide bonds. The molecule has 0 N–H and O–H groups in total. The van der Waals surface area contributed by atoms with E-state index in [1.54, 1.807) is 30.3 Å². The lowest BCUT2D eigenvalue weighted by Gasteiger charge is -2.42. The zero-order chi connectivity index (χ0) is 14.3. The van der Waals surface area contributed by atoms with Gasteiger partial charge in [-0.05, 0) is 13.8 Å². The lowest BCUT2D eigenvalue weighted by Crippen LogP contribution is -2.67. The highest BCUT2D eigenvalue weighted by molar-refractivity contribution is 7.94. The Hall–Kier alpha value is -1.69. The third-order valence-electron chi connectivity index (χ3n) is 3.31. The number of hydrogen-bond acceptors (Lipinski definition) is 4. The Bertz CT molecular complexity index is 619. The maximum atomic E-state index is 11.8. The molecule has 1 aliphatic heterocycles. The number of sulfonamides is 1. The van der Waals surface area contributed by atoms with Crippen molar-refractivity contribution in [1.29, 1.82) is 0 Å². The summed E-state index contributed by atoms with van der Waals surface area (Å²) in [4.78, 5) is 23.5. The maximum absolute atomic E-state index is 11.8. The average molecular weight is 281 g/mol. The van der Waals surface area contributed by atoms with E-state index in [9.17, 15) is 18.0 Å². The second-order valence-corrected chi connectivity index (χ2v) is 7.34. The zero-order valence-electron chi connectivity index (χ0n) is 10.8. The minimum Gasteiger partial charge on any atom is -0.294 e. The van der Waals surface area contributed by atoms with Gasteiger partial charge in [0.25, 0.3) is 15.9 Å². The third-order valence-corrected chi connectivity index (χ3v) is 5.71. The molecule has 0 aliphatic carbocycles. The molecule has 0 radical (unpaired) electrons. The molecule has 19 heavy (non-hydrogen) atoms. The fourth-order valence-corrected chi connectivity index (χ4v) is 3.48. The van der Waals surface area contributed by atoms with Crippen molar-refractivity contribution in [3.63, 3.8) is 0 Å². The number of rotatable bonds is 4. The largest absolute Gasteiger partial charge is 0.294 e. The van der Waals surface area contributed by atoms with Gasteiger partial charge in [-0.3, -0.25) is 9.59 Å². The molecule has 5 nitrogen and oxygen atoms in total. The van der Waals surface area contributed by atoms with E-state index in [-0.39, 0.29) is 18.7 Å². The SMILES string of the molecule is CC1(C)C(=O)N(CCC(=O)c2ccccc2)S1(=O)=O. The minimum absolute atomic E-state index is 0.00502. The van der Waals surface area contributed by atoms with Gasteiger partial charge in [-0.15, -0.1) is 0 Å². The summed E-state index contributed by atoms with van der Waals surface area (Å²) in [7, 11) is -3.60. The molecular formula is C13H15NO4S. The quantitative estimate of drug-likeness (QED) is 0.778. The third kappa shape index (κ3) is 2.06. The summed E-state index contributed by atoms with van der Waals surface area (Å²) in [5.41, 5.74) is 0.520. The lowest BCUT2D eigenvalue weighted by molar-refractivity contribution is -0.132. The molecule has 1 aliphatic rings. The van der Waals surface area contributed by atoms with Crippen LogP contribution in [0.4, 0.5) is 0 Å². The second kappa shape index (κ2) is 4.45. The van der Waals surface area contributed by atoms with E-state index in [2.05, 4.69) is 0 Å². The summed E-state index contributed by atoms with van der Waals surface area (Å²) in [6, 6.07) is 8.60. The summed E-state index contributed by atoms with van der Waals surface area (Å²) in [6.07, 6.45) is 0.00502. The summed E-state index contributed by atoms with van der Waals surface area (Å²) in [6.45, 7) is 2.67. The van der Waals surface area contributed by atoms with Gasteiger partial charge in [0, 0.05) is 18.5 Å². The average Bonchev–Trinajstić information content (AvgIpc) is 2.39. The molecule has 1 aromatic rings. The van der Waals surface area contributed by atoms with Crippen molar-refractivity contribution in [2.45, 2.75) is 25.0 Å². The highest BCUT2D eigenvalue weighted by Crippen LogP contribution is 2.34. The minimum atomic E-state index is -3.60. The van der Waals surface area contributed by atoms with E-state index >= 15 is 0 Å². The number of hydrogen-bond donors (Lipinski definition) is 0. The lowest BCUT2D eigenvalue weighted by atomic mass is 10.1. The molecule has 6 heteroatoms. The van der Waals surface area contributed by atoms with Crippen molar-refractivity contribution in [2.24, 2.45) is 0 Å². The Morgan fingerprint density at radius 3 is 2.32 bits per heavy atom. The van der Waals surface area contributed by atoms with Crippen molar-refractivity contribution < 1.29 is 18.0 Å². The van der Waals surface area contributed by atoms with Crippen LogP contribution >= 0.6 is 0 Å². The zero-order valence-corrected chi connectivity index (χ0v) is 11.6. The van der Waals surface area contributed by atoms with Crippen molar-refractivity contribution in [3.8, 4) is 0 Å². The molecule has 102 valence electrons. The smallest absolute Gasteiger partial charge is 0.258 e. The fourth-order valence-electron chi connectivity index (χ4n) is 1.95. The standard InChI is InChI=1S/C13H15NO4S/c1-13(2)12(16)14(19(13,17)18)9-8-11(15)10-6-4-3-5-7-10/h3-7H,8-9H2,1-2H3. The number of ketones is 1. The van der Waals surface area contributed by atoms with E-state index < -0.39 is 20.7 Å². The van der Waals surface area contributed by atoms with Crippen LogP contribution in [-0.2, 0) is 14.8 Å². The number of amides is 1. The van der Waals surface area contributed by atoms with Crippen LogP contribution in [0.15, 0.2) is 30.3 Å². The van der Waals surface area contributed by atoms with Crippen LogP contribution in [0, 0.1) is 0 Å². The van der Waals surface area contributed by atoms with Crippen LogP contribution in [0.3, 0.4) is 0 Å². The van der Waals surface area contributed by atoms with Gasteiger partial charge < -0.3 is 0 Å². The predicted molar refractivity (Wildman–Crippen MR) is 70.1 cm³/mol. The predicted octanol–water partition coefficient (Wildman–Crippen LogP) is 1.21. The topological polar surface area (TPSA) is 71.5 Å². The number of Topliss-reactive ketones (excluding diaryl/α,β-unsaturated/α-hetero) is 1. The Morgan fingerprint density at radius 2 is 1.79 bits per heavy atom. The second-order valence-electron chi connectivity index (χ2n) is 4.93. The number of carbonyl (C=O) groups is 2. The Morgan fingerprint density at radius 1 is 1.21 bits per heavy atom. The summed E-state index contributed by atoms with van der Waals surface area (Å²) in [5.74, 6) is -0.623. The summed E-state index contributed by atoms with van der Waals surface area (Å²) < 4.78 is 23.1. The molecule has 0 aromatic heterocycles. The van der Waals surface area contributed by atoms with Gasteiger partial charge in [0.15, 0.2) is 10.5 Å². The monoisotopic (exact) mass is 281 g/mol. The summed E-state index contributed by atoms with van der Waals surface area (Å²) >= 11 is 0. The normalized spacial score (nSPS) is 19.9. The fraction of sp³-hybridized carbons (Fsp3) is 0.385. The van der Waals surface area contributed by atoms with Gasteiger partial charge in [-0.1, -0.05) is 30.3 Å². The highest BCUT2D eigenvalue weighted by Gasteiger charge is 2.59. The van der Waals surface area contributed by atoms with Crippen molar-refractivity contribution >= 4 is 21.7 Å². The molecular weight excluding hydrogens is 266 g/mol. The maximum Gasteiger partial charge on any atom is 0.258 e. The highest BCUT2D eigenvalue weighted by atomic mass is 32.2. The van der Waals surface area contributed by atoms with Crippen molar-refractivity contribution in [2.75, 3.05) is 6.54 Å². The van der Waals surface area contributed by atoms with Crippen LogP contribution in [-0.4, -0.2) is 35.7 Å². The first kappa shape index (κ1) is 13.7. The van der Waals surface area contributed by atoms with E-state index in [4.69, 9.17) is 0 Å². The van der Waals surface area contributed by atoms with Gasteiger partial charge in [0.05, 0.1) is 0 Å².